The van der Waals surface area contributed by atoms with E-state index in [-0.39, 0.29) is 75.5 Å². The van der Waals surface area contributed by atoms with Gasteiger partial charge in [0.05, 0.1) is 39.2 Å². The number of rotatable bonds is 20. The van der Waals surface area contributed by atoms with Crippen LogP contribution < -0.4 is 31.3 Å². The Morgan fingerprint density at radius 1 is 0.629 bits per heavy atom. The molecule has 62 heavy (non-hydrogen) atoms. The van der Waals surface area contributed by atoms with Gasteiger partial charge in [-0.15, -0.1) is 0 Å². The van der Waals surface area contributed by atoms with Crippen LogP contribution in [0.4, 0.5) is 17.1 Å². The Morgan fingerprint density at radius 2 is 1.19 bits per heavy atom. The molecule has 2 aromatic rings. The van der Waals surface area contributed by atoms with Crippen LogP contribution in [0.2, 0.25) is 0 Å². The minimum atomic E-state index is -1.87. The van der Waals surface area contributed by atoms with Crippen molar-refractivity contribution in [2.45, 2.75) is 53.4 Å². The van der Waals surface area contributed by atoms with Crippen LogP contribution in [0.25, 0.3) is 0 Å². The van der Waals surface area contributed by atoms with Gasteiger partial charge in [-0.3, -0.25) is 38.4 Å². The second kappa shape index (κ2) is 24.0. The Bertz CT molecular complexity index is 2110. The van der Waals surface area contributed by atoms with Crippen LogP contribution in [0.3, 0.4) is 0 Å². The Balaban J connectivity index is 0.000000331. The first-order chi connectivity index (χ1) is 29.4. The maximum Gasteiger partial charge on any atom is 0.335 e. The van der Waals surface area contributed by atoms with Crippen molar-refractivity contribution in [1.29, 1.82) is 0 Å². The van der Waals surface area contributed by atoms with Gasteiger partial charge in [0.2, 0.25) is 41.4 Å². The first kappa shape index (κ1) is 49.0. The molecule has 2 aliphatic heterocycles. The Morgan fingerprint density at radius 3 is 1.82 bits per heavy atom. The molecular weight excluding hydrogens is 814 g/mol. The van der Waals surface area contributed by atoms with Gasteiger partial charge in [0.25, 0.3) is 0 Å². The van der Waals surface area contributed by atoms with Crippen LogP contribution in [0.15, 0.2) is 60.7 Å². The molecule has 2 heterocycles. The van der Waals surface area contributed by atoms with Crippen molar-refractivity contribution >= 4 is 76.4 Å². The van der Waals surface area contributed by atoms with Crippen molar-refractivity contribution in [2.75, 3.05) is 55.5 Å². The zero-order chi connectivity index (χ0) is 45.9. The van der Waals surface area contributed by atoms with E-state index < -0.39 is 59.4 Å². The van der Waals surface area contributed by atoms with Gasteiger partial charge in [-0.1, -0.05) is 19.2 Å². The van der Waals surface area contributed by atoms with Crippen LogP contribution in [0, 0.1) is 11.8 Å². The molecule has 0 aromatic heterocycles. The largest absolute Gasteiger partial charge is 0.465 e. The number of hydrogen-bond acceptors (Lipinski definition) is 15. The highest BCUT2D eigenvalue weighted by Crippen LogP contribution is 2.28. The molecule has 0 saturated heterocycles. The van der Waals surface area contributed by atoms with E-state index in [1.54, 1.807) is 38.1 Å². The molecule has 2 aliphatic rings. The average Bonchev–Trinajstić information content (AvgIpc) is 3.77. The zero-order valence-electron chi connectivity index (χ0n) is 34.7. The molecule has 5 N–H and O–H groups in total. The maximum atomic E-state index is 12.7. The van der Waals surface area contributed by atoms with E-state index in [4.69, 9.17) is 23.7 Å². The summed E-state index contributed by atoms with van der Waals surface area (Å²) in [7, 11) is 0. The molecular formula is C42H49N5O15. The van der Waals surface area contributed by atoms with E-state index in [0.717, 1.165) is 5.56 Å². The smallest absolute Gasteiger partial charge is 0.335 e. The number of unbranched alkanes of at least 4 members (excludes halogenated alkanes) is 1. The normalized spacial score (nSPS) is 12.8. The Hall–Kier alpha value is -7.38. The monoisotopic (exact) mass is 863 g/mol. The number of anilines is 3. The minimum Gasteiger partial charge on any atom is -0.465 e. The lowest BCUT2D eigenvalue weighted by Crippen LogP contribution is -2.44. The third-order valence-corrected chi connectivity index (χ3v) is 8.42. The van der Waals surface area contributed by atoms with E-state index >= 15 is 0 Å². The van der Waals surface area contributed by atoms with Crippen molar-refractivity contribution in [2.24, 2.45) is 11.8 Å². The van der Waals surface area contributed by atoms with E-state index in [1.807, 2.05) is 0 Å². The molecule has 0 radical (unpaired) electrons. The summed E-state index contributed by atoms with van der Waals surface area (Å²) in [6, 6.07) is 9.29. The molecule has 20 nitrogen and oxygen atoms in total. The number of carbonyl (C=O) groups is 10. The van der Waals surface area contributed by atoms with Crippen molar-refractivity contribution in [3.05, 3.63) is 71.8 Å². The summed E-state index contributed by atoms with van der Waals surface area (Å²) < 4.78 is 24.6. The predicted molar refractivity (Wildman–Crippen MR) is 219 cm³/mol. The second-order valence-corrected chi connectivity index (χ2v) is 13.5. The highest BCUT2D eigenvalue weighted by Gasteiger charge is 2.38. The van der Waals surface area contributed by atoms with Crippen molar-refractivity contribution in [1.82, 2.24) is 10.6 Å². The standard InChI is InChI=1S/C22H27N3O7.C20H22N2O8/c1-4-31-22(30)18(19(27)23-9-5-6-10-32-21(29)13(2)3)20(28)24-15-7-8-16-14(11-15)12-17(26)25-16;1-4-28-19(26)16(17(24)21-7-8-29-18(25)11(2)3)20(27)30-13-6-5-12-9-15(23)22-14(12)10-13/h7-8,11,18H,2,4-6,9-10,12H2,1,3H3,(H,23,27)(H,24,28)(H,25,26);5-6,10,16H,2,4,7-9H2,1,3H3,(H,21,24)(H,22,23). The fourth-order valence-electron chi connectivity index (χ4n) is 5.42. The van der Waals surface area contributed by atoms with Gasteiger partial charge < -0.3 is 50.3 Å². The van der Waals surface area contributed by atoms with Gasteiger partial charge >= 0.3 is 29.8 Å². The zero-order valence-corrected chi connectivity index (χ0v) is 34.7. The lowest BCUT2D eigenvalue weighted by molar-refractivity contribution is -0.161. The van der Waals surface area contributed by atoms with Crippen LogP contribution in [-0.4, -0.2) is 98.9 Å². The second-order valence-electron chi connectivity index (χ2n) is 13.5. The van der Waals surface area contributed by atoms with Gasteiger partial charge in [-0.05, 0) is 75.9 Å². The number of fused-ring (bicyclic) bond motifs is 2. The van der Waals surface area contributed by atoms with Crippen molar-refractivity contribution in [3.63, 3.8) is 0 Å². The summed E-state index contributed by atoms with van der Waals surface area (Å²) >= 11 is 0. The number of esters is 5. The first-order valence-corrected chi connectivity index (χ1v) is 19.4. The third kappa shape index (κ3) is 15.0. The molecule has 2 atom stereocenters. The highest BCUT2D eigenvalue weighted by molar-refractivity contribution is 6.19. The molecule has 0 fully saturated rings. The summed E-state index contributed by atoms with van der Waals surface area (Å²) in [5, 5.41) is 12.7. The van der Waals surface area contributed by atoms with E-state index in [2.05, 4.69) is 39.7 Å². The fraction of sp³-hybridized carbons (Fsp3) is 0.381. The highest BCUT2D eigenvalue weighted by atomic mass is 16.6. The lowest BCUT2D eigenvalue weighted by Gasteiger charge is -2.16. The van der Waals surface area contributed by atoms with Gasteiger partial charge in [0, 0.05) is 40.8 Å². The number of amides is 5. The fourth-order valence-corrected chi connectivity index (χ4v) is 5.42. The van der Waals surface area contributed by atoms with Gasteiger partial charge in [-0.25, -0.2) is 9.59 Å². The number of carbonyl (C=O) groups excluding carboxylic acids is 10. The minimum absolute atomic E-state index is 0.0105. The maximum absolute atomic E-state index is 12.7. The molecule has 0 spiro atoms. The SMILES string of the molecule is C=C(C)C(=O)OCCCCNC(=O)C(C(=O)Nc1ccc2c(c1)CC(=O)N2)C(=O)OCC.C=C(C)C(=O)OCCNC(=O)C(C(=O)OCC)C(=O)Oc1ccc2c(c1)NC(=O)C2. The Kier molecular flexibility index (Phi) is 19.0. The summed E-state index contributed by atoms with van der Waals surface area (Å²) in [6.07, 6.45) is 1.35. The van der Waals surface area contributed by atoms with Crippen LogP contribution in [0.5, 0.6) is 5.75 Å². The lowest BCUT2D eigenvalue weighted by atomic mass is 10.1. The quantitative estimate of drug-likeness (QED) is 0.0317. The molecule has 4 rings (SSSR count). The molecule has 0 saturated carbocycles. The number of ether oxygens (including phenoxy) is 5. The average molecular weight is 864 g/mol. The van der Waals surface area contributed by atoms with Crippen LogP contribution in [0.1, 0.15) is 51.7 Å². The predicted octanol–water partition coefficient (Wildman–Crippen LogP) is 1.82. The molecule has 0 aliphatic carbocycles. The Labute approximate surface area is 356 Å². The summed E-state index contributed by atoms with van der Waals surface area (Å²) in [5.74, 6) is -10.7. The van der Waals surface area contributed by atoms with Crippen LogP contribution in [-0.2, 0) is 79.7 Å². The van der Waals surface area contributed by atoms with E-state index in [1.165, 1.54) is 26.0 Å². The molecule has 0 bridgehead atoms. The van der Waals surface area contributed by atoms with E-state index in [9.17, 15) is 47.9 Å². The van der Waals surface area contributed by atoms with Crippen molar-refractivity contribution < 1.29 is 71.6 Å². The third-order valence-electron chi connectivity index (χ3n) is 8.42. The summed E-state index contributed by atoms with van der Waals surface area (Å²) in [6.45, 7) is 13.0. The van der Waals surface area contributed by atoms with Gasteiger partial charge in [0.1, 0.15) is 12.4 Å². The molecule has 20 heteroatoms. The number of nitrogens with one attached hydrogen (secondary N) is 5. The molecule has 2 unspecified atom stereocenters. The molecule has 5 amide bonds. The topological polar surface area (TPSA) is 277 Å². The summed E-state index contributed by atoms with van der Waals surface area (Å²) in [5.41, 5.74) is 3.43. The van der Waals surface area contributed by atoms with E-state index in [0.29, 0.717) is 41.0 Å². The first-order valence-electron chi connectivity index (χ1n) is 19.4. The number of hydrogen-bond donors (Lipinski definition) is 5. The van der Waals surface area contributed by atoms with Gasteiger partial charge in [0.15, 0.2) is 0 Å². The molecule has 2 aromatic carbocycles. The van der Waals surface area contributed by atoms with Crippen molar-refractivity contribution in [3.8, 4) is 5.75 Å². The summed E-state index contributed by atoms with van der Waals surface area (Å²) in [4.78, 5) is 120. The number of benzene rings is 2. The molecule has 332 valence electrons. The van der Waals surface area contributed by atoms with Crippen LogP contribution >= 0.6 is 0 Å². The van der Waals surface area contributed by atoms with Gasteiger partial charge in [-0.2, -0.15) is 0 Å².